The molecule has 2 aromatic heterocycles. The van der Waals surface area contributed by atoms with Crippen LogP contribution in [0.15, 0.2) is 88.9 Å². The highest BCUT2D eigenvalue weighted by atomic mass is 32.2. The zero-order valence-electron chi connectivity index (χ0n) is 19.2. The average molecular weight is 495 g/mol. The largest absolute Gasteiger partial charge is 0.346 e. The number of benzene rings is 2. The van der Waals surface area contributed by atoms with E-state index in [1.54, 1.807) is 48.2 Å². The molecule has 0 saturated carbocycles. The second-order valence-electron chi connectivity index (χ2n) is 8.06. The molecule has 0 saturated heterocycles. The summed E-state index contributed by atoms with van der Waals surface area (Å²) < 4.78 is 27.6. The molecule has 0 aliphatic carbocycles. The minimum Gasteiger partial charge on any atom is -0.346 e. The number of rotatable bonds is 8. The van der Waals surface area contributed by atoms with E-state index >= 15 is 0 Å². The molecule has 7 nitrogen and oxygen atoms in total. The minimum absolute atomic E-state index is 0.186. The second kappa shape index (κ2) is 10.0. The monoisotopic (exact) mass is 494 g/mol. The summed E-state index contributed by atoms with van der Waals surface area (Å²) >= 11 is 1.67. The number of imidazole rings is 1. The van der Waals surface area contributed by atoms with Gasteiger partial charge in [-0.2, -0.15) is 0 Å². The third-order valence-electron chi connectivity index (χ3n) is 5.42. The first-order chi connectivity index (χ1) is 16.2. The predicted octanol–water partition coefficient (Wildman–Crippen LogP) is 4.37. The Hall–Kier alpha value is -3.14. The van der Waals surface area contributed by atoms with Crippen LogP contribution < -0.4 is 5.32 Å². The predicted molar refractivity (Wildman–Crippen MR) is 134 cm³/mol. The van der Waals surface area contributed by atoms with E-state index in [2.05, 4.69) is 10.3 Å². The van der Waals surface area contributed by atoms with E-state index in [1.807, 2.05) is 54.0 Å². The number of aromatic nitrogens is 2. The van der Waals surface area contributed by atoms with Gasteiger partial charge in [0.05, 0.1) is 16.6 Å². The number of hydrogen-bond donors (Lipinski definition) is 1. The molecule has 1 N–H and O–H groups in total. The van der Waals surface area contributed by atoms with Crippen LogP contribution in [0.2, 0.25) is 0 Å². The number of fused-ring (bicyclic) bond motifs is 1. The summed E-state index contributed by atoms with van der Waals surface area (Å²) in [6.45, 7) is 1.87. The van der Waals surface area contributed by atoms with Gasteiger partial charge in [0.15, 0.2) is 0 Å². The number of amides is 1. The van der Waals surface area contributed by atoms with Crippen LogP contribution in [-0.4, -0.2) is 42.1 Å². The van der Waals surface area contributed by atoms with Crippen molar-refractivity contribution in [2.45, 2.75) is 28.5 Å². The molecule has 0 aliphatic rings. The van der Waals surface area contributed by atoms with Crippen LogP contribution in [-0.2, 0) is 15.8 Å². The number of hydrogen-bond acceptors (Lipinski definition) is 5. The molecular weight excluding hydrogens is 468 g/mol. The third kappa shape index (κ3) is 5.32. The smallest absolute Gasteiger partial charge is 0.251 e. The van der Waals surface area contributed by atoms with Gasteiger partial charge < -0.3 is 9.72 Å². The molecule has 2 heterocycles. The van der Waals surface area contributed by atoms with Crippen molar-refractivity contribution in [2.75, 3.05) is 14.1 Å². The van der Waals surface area contributed by atoms with E-state index in [9.17, 15) is 13.2 Å². The zero-order chi connectivity index (χ0) is 24.3. The normalized spacial score (nSPS) is 12.7. The van der Waals surface area contributed by atoms with Gasteiger partial charge in [-0.25, -0.2) is 17.7 Å². The molecule has 0 radical (unpaired) electrons. The number of nitrogens with one attached hydrogen (secondary N) is 1. The van der Waals surface area contributed by atoms with Crippen LogP contribution in [0.1, 0.15) is 34.6 Å². The number of pyridine rings is 1. The van der Waals surface area contributed by atoms with Crippen molar-refractivity contribution < 1.29 is 13.2 Å². The van der Waals surface area contributed by atoms with Crippen molar-refractivity contribution in [1.82, 2.24) is 19.0 Å². The average Bonchev–Trinajstić information content (AvgIpc) is 3.26. The lowest BCUT2D eigenvalue weighted by Gasteiger charge is -2.16. The molecule has 1 unspecified atom stereocenters. The van der Waals surface area contributed by atoms with E-state index in [0.717, 1.165) is 27.6 Å². The molecule has 4 rings (SSSR count). The Labute approximate surface area is 203 Å². The van der Waals surface area contributed by atoms with E-state index in [0.29, 0.717) is 5.56 Å². The first kappa shape index (κ1) is 24.0. The lowest BCUT2D eigenvalue weighted by molar-refractivity contribution is 0.0940. The zero-order valence-corrected chi connectivity index (χ0v) is 20.8. The van der Waals surface area contributed by atoms with Crippen molar-refractivity contribution >= 4 is 33.3 Å². The SMILES string of the molecule is CC(NC(=O)c1ccc(SCc2cn3ccccc3n2)cc1)c1ccc(S(=O)(=O)N(C)C)cc1. The summed E-state index contributed by atoms with van der Waals surface area (Å²) in [5.74, 6) is 0.554. The summed E-state index contributed by atoms with van der Waals surface area (Å²) in [6, 6.07) is 19.7. The molecule has 9 heteroatoms. The van der Waals surface area contributed by atoms with Crippen LogP contribution in [0.25, 0.3) is 5.65 Å². The Kier molecular flexibility index (Phi) is 7.06. The maximum atomic E-state index is 12.7. The molecule has 4 aromatic rings. The maximum Gasteiger partial charge on any atom is 0.251 e. The number of carbonyl (C=O) groups is 1. The Morgan fingerprint density at radius 1 is 1.06 bits per heavy atom. The van der Waals surface area contributed by atoms with Gasteiger partial charge in [-0.1, -0.05) is 18.2 Å². The molecule has 2 aromatic carbocycles. The van der Waals surface area contributed by atoms with Crippen molar-refractivity contribution in [3.63, 3.8) is 0 Å². The van der Waals surface area contributed by atoms with Crippen molar-refractivity contribution in [3.8, 4) is 0 Å². The fourth-order valence-corrected chi connectivity index (χ4v) is 5.10. The van der Waals surface area contributed by atoms with Crippen LogP contribution in [0.3, 0.4) is 0 Å². The summed E-state index contributed by atoms with van der Waals surface area (Å²) in [7, 11) is -0.489. The van der Waals surface area contributed by atoms with Gasteiger partial charge in [0.1, 0.15) is 5.65 Å². The van der Waals surface area contributed by atoms with Gasteiger partial charge >= 0.3 is 0 Å². The van der Waals surface area contributed by atoms with Crippen molar-refractivity contribution in [1.29, 1.82) is 0 Å². The third-order valence-corrected chi connectivity index (χ3v) is 8.30. The van der Waals surface area contributed by atoms with Crippen LogP contribution >= 0.6 is 11.8 Å². The minimum atomic E-state index is -3.48. The Bertz CT molecular complexity index is 1360. The highest BCUT2D eigenvalue weighted by Gasteiger charge is 2.18. The molecule has 0 aliphatic heterocycles. The van der Waals surface area contributed by atoms with Gasteiger partial charge in [0.25, 0.3) is 5.91 Å². The summed E-state index contributed by atoms with van der Waals surface area (Å²) in [5, 5.41) is 2.97. The number of carbonyl (C=O) groups excluding carboxylic acids is 1. The van der Waals surface area contributed by atoms with Crippen LogP contribution in [0.5, 0.6) is 0 Å². The standard InChI is InChI=1S/C25H26N4O3S2/c1-18(19-9-13-23(14-10-19)34(31,32)28(2)3)26-25(30)20-7-11-22(12-8-20)33-17-21-16-29-15-5-4-6-24(29)27-21/h4-16,18H,17H2,1-3H3,(H,26,30). The van der Waals surface area contributed by atoms with E-state index in [-0.39, 0.29) is 16.8 Å². The molecule has 0 fully saturated rings. The molecule has 1 atom stereocenters. The molecule has 34 heavy (non-hydrogen) atoms. The first-order valence-electron chi connectivity index (χ1n) is 10.7. The molecule has 0 spiro atoms. The van der Waals surface area contributed by atoms with Gasteiger partial charge in [-0.3, -0.25) is 4.79 Å². The van der Waals surface area contributed by atoms with Crippen LogP contribution in [0, 0.1) is 0 Å². The molecular formula is C25H26N4O3S2. The molecule has 1 amide bonds. The second-order valence-corrected chi connectivity index (χ2v) is 11.3. The Morgan fingerprint density at radius 2 is 1.76 bits per heavy atom. The summed E-state index contributed by atoms with van der Waals surface area (Å²) in [4.78, 5) is 18.6. The number of sulfonamides is 1. The Morgan fingerprint density at radius 3 is 2.41 bits per heavy atom. The highest BCUT2D eigenvalue weighted by molar-refractivity contribution is 7.98. The maximum absolute atomic E-state index is 12.7. The lowest BCUT2D eigenvalue weighted by Crippen LogP contribution is -2.26. The highest BCUT2D eigenvalue weighted by Crippen LogP contribution is 2.24. The first-order valence-corrected chi connectivity index (χ1v) is 13.2. The number of thioether (sulfide) groups is 1. The van der Waals surface area contributed by atoms with E-state index in [1.165, 1.54) is 18.4 Å². The van der Waals surface area contributed by atoms with E-state index in [4.69, 9.17) is 0 Å². The lowest BCUT2D eigenvalue weighted by atomic mass is 10.1. The van der Waals surface area contributed by atoms with Gasteiger partial charge in [-0.15, -0.1) is 11.8 Å². The van der Waals surface area contributed by atoms with Crippen molar-refractivity contribution in [2.24, 2.45) is 0 Å². The van der Waals surface area contributed by atoms with E-state index < -0.39 is 10.0 Å². The van der Waals surface area contributed by atoms with Gasteiger partial charge in [-0.05, 0) is 61.0 Å². The number of nitrogens with zero attached hydrogens (tertiary/aromatic N) is 3. The van der Waals surface area contributed by atoms with Gasteiger partial charge in [0.2, 0.25) is 10.0 Å². The summed E-state index contributed by atoms with van der Waals surface area (Å²) in [6.07, 6.45) is 4.00. The van der Waals surface area contributed by atoms with Gasteiger partial charge in [0, 0.05) is 42.7 Å². The fourth-order valence-electron chi connectivity index (χ4n) is 3.42. The quantitative estimate of drug-likeness (QED) is 0.368. The Balaban J connectivity index is 1.34. The summed E-state index contributed by atoms with van der Waals surface area (Å²) in [5.41, 5.74) is 3.31. The van der Waals surface area contributed by atoms with Crippen molar-refractivity contribution in [3.05, 3.63) is 95.9 Å². The van der Waals surface area contributed by atoms with Crippen LogP contribution in [0.4, 0.5) is 0 Å². The fraction of sp³-hybridized carbons (Fsp3) is 0.200. The molecule has 176 valence electrons. The topological polar surface area (TPSA) is 83.8 Å². The molecule has 0 bridgehead atoms.